The minimum Gasteiger partial charge on any atom is -0.470 e. The zero-order valence-corrected chi connectivity index (χ0v) is 31.9. The number of benzene rings is 2. The van der Waals surface area contributed by atoms with E-state index in [0.29, 0.717) is 35.8 Å². The number of para-hydroxylation sites is 1. The number of rotatable bonds is 16. The number of amides is 1. The number of halogens is 1. The maximum atomic E-state index is 15.3. The van der Waals surface area contributed by atoms with Crippen molar-refractivity contribution < 1.29 is 13.9 Å². The smallest absolute Gasteiger partial charge is 0.247 e. The van der Waals surface area contributed by atoms with Gasteiger partial charge in [0.2, 0.25) is 5.91 Å². The highest BCUT2D eigenvalue weighted by Gasteiger charge is 2.29. The second kappa shape index (κ2) is 19.9. The largest absolute Gasteiger partial charge is 0.470 e. The van der Waals surface area contributed by atoms with E-state index in [9.17, 15) is 4.79 Å². The lowest BCUT2D eigenvalue weighted by Gasteiger charge is -2.25. The molecule has 1 aliphatic rings. The number of anilines is 1. The van der Waals surface area contributed by atoms with E-state index in [1.165, 1.54) is 25.3 Å². The van der Waals surface area contributed by atoms with Crippen molar-refractivity contribution in [1.82, 2.24) is 20.3 Å². The van der Waals surface area contributed by atoms with Gasteiger partial charge in [0.05, 0.1) is 21.3 Å². The Hall–Kier alpha value is -4.37. The van der Waals surface area contributed by atoms with E-state index in [0.717, 1.165) is 58.2 Å². The molecular formula is C42H54FN5O2S. The molecule has 1 saturated carbocycles. The van der Waals surface area contributed by atoms with Crippen LogP contribution < -0.4 is 10.6 Å². The average molecular weight is 712 g/mol. The molecule has 0 bridgehead atoms. The van der Waals surface area contributed by atoms with Crippen LogP contribution in [0, 0.1) is 5.82 Å². The van der Waals surface area contributed by atoms with Crippen LogP contribution in [0.4, 0.5) is 10.1 Å². The molecule has 7 nitrogen and oxygen atoms in total. The van der Waals surface area contributed by atoms with Crippen molar-refractivity contribution in [2.75, 3.05) is 5.32 Å². The van der Waals surface area contributed by atoms with Crippen molar-refractivity contribution in [3.8, 4) is 10.4 Å². The zero-order valence-electron chi connectivity index (χ0n) is 31.1. The molecule has 2 atom stereocenters. The van der Waals surface area contributed by atoms with E-state index < -0.39 is 18.0 Å². The number of nitrogens with one attached hydrogen (secondary N) is 2. The van der Waals surface area contributed by atoms with E-state index in [1.54, 1.807) is 23.5 Å². The molecule has 0 radical (unpaired) electrons. The van der Waals surface area contributed by atoms with Gasteiger partial charge in [0.1, 0.15) is 23.8 Å². The molecule has 2 unspecified atom stereocenters. The van der Waals surface area contributed by atoms with Crippen LogP contribution in [0.5, 0.6) is 0 Å². The van der Waals surface area contributed by atoms with Gasteiger partial charge < -0.3 is 15.4 Å². The number of nitrogens with zero attached hydrogens (tertiary/aromatic N) is 3. The van der Waals surface area contributed by atoms with Gasteiger partial charge >= 0.3 is 0 Å². The number of allylic oxidation sites excluding steroid dienone is 1. The predicted molar refractivity (Wildman–Crippen MR) is 209 cm³/mol. The third-order valence-corrected chi connectivity index (χ3v) is 10.2. The minimum atomic E-state index is -0.669. The summed E-state index contributed by atoms with van der Waals surface area (Å²) in [5.74, 6) is 0.877. The topological polar surface area (TPSA) is 89.0 Å². The standard InChI is InChI=1S/C38H44FN5O2S.C4H10/c1-6-14-31(37(45)43-35-29(20-13-21-30(35)39)24(4)26-16-10-9-11-17-26)42-33(15-7-2)46-25(5)34-36(28-22-40-32(8-3)41-23-28)47-38(44-34)27-18-12-19-27;1-3-4-2/h9-11,13,15-17,20-23,25,27,31,42H,4,6-8,12,14,18-19H2,1-3,5H3,(H,43,45);3-4H2,1-2H3/b33-15+;. The Morgan fingerprint density at radius 1 is 1.02 bits per heavy atom. The number of unbranched alkanes of at least 4 members (excludes halogenated alkanes) is 1. The summed E-state index contributed by atoms with van der Waals surface area (Å²) < 4.78 is 21.8. The van der Waals surface area contributed by atoms with Gasteiger partial charge in [-0.25, -0.2) is 19.3 Å². The second-order valence-corrected chi connectivity index (χ2v) is 13.9. The molecule has 0 spiro atoms. The van der Waals surface area contributed by atoms with Crippen LogP contribution in [-0.2, 0) is 16.0 Å². The summed E-state index contributed by atoms with van der Waals surface area (Å²) in [5, 5.41) is 7.32. The highest BCUT2D eigenvalue weighted by Crippen LogP contribution is 2.44. The number of thiazole rings is 1. The molecule has 5 rings (SSSR count). The lowest BCUT2D eigenvalue weighted by atomic mass is 9.86. The molecule has 2 heterocycles. The monoisotopic (exact) mass is 711 g/mol. The Morgan fingerprint density at radius 3 is 2.31 bits per heavy atom. The first kappa shape index (κ1) is 39.4. The normalized spacial score (nSPS) is 14.1. The van der Waals surface area contributed by atoms with Gasteiger partial charge in [0.25, 0.3) is 0 Å². The first-order valence-electron chi connectivity index (χ1n) is 18.5. The second-order valence-electron chi connectivity index (χ2n) is 12.9. The molecule has 2 aromatic carbocycles. The van der Waals surface area contributed by atoms with Gasteiger partial charge in [-0.05, 0) is 55.9 Å². The molecule has 2 N–H and O–H groups in total. The molecule has 272 valence electrons. The highest BCUT2D eigenvalue weighted by molar-refractivity contribution is 7.15. The third-order valence-electron chi connectivity index (χ3n) is 8.91. The maximum absolute atomic E-state index is 15.3. The van der Waals surface area contributed by atoms with Crippen LogP contribution in [0.1, 0.15) is 133 Å². The van der Waals surface area contributed by atoms with Gasteiger partial charge in [-0.15, -0.1) is 11.3 Å². The molecule has 1 amide bonds. The van der Waals surface area contributed by atoms with E-state index in [2.05, 4.69) is 41.0 Å². The number of carbonyl (C=O) groups is 1. The molecule has 51 heavy (non-hydrogen) atoms. The first-order valence-corrected chi connectivity index (χ1v) is 19.3. The Bertz CT molecular complexity index is 1730. The predicted octanol–water partition coefficient (Wildman–Crippen LogP) is 11.2. The highest BCUT2D eigenvalue weighted by atomic mass is 32.1. The number of carbonyl (C=O) groups excluding carboxylic acids is 1. The van der Waals surface area contributed by atoms with Gasteiger partial charge in [0.15, 0.2) is 5.88 Å². The number of hydrogen-bond acceptors (Lipinski definition) is 7. The van der Waals surface area contributed by atoms with E-state index >= 15 is 4.39 Å². The Balaban J connectivity index is 0.00000138. The zero-order chi connectivity index (χ0) is 36.8. The SMILES string of the molecule is C=C(c1ccccc1)c1cccc(F)c1NC(=O)C(CCC)N/C(=C\CC)OC(C)c1nc(C2CCC2)sc1-c1cnc(CC)nc1.CCCC. The number of aromatic nitrogens is 3. The van der Waals surface area contributed by atoms with Crippen molar-refractivity contribution in [3.63, 3.8) is 0 Å². The number of hydrogen-bond donors (Lipinski definition) is 2. The molecule has 2 aromatic heterocycles. The summed E-state index contributed by atoms with van der Waals surface area (Å²) in [4.78, 5) is 29.0. The minimum absolute atomic E-state index is 0.108. The van der Waals surface area contributed by atoms with Crippen molar-refractivity contribution in [3.05, 3.63) is 113 Å². The van der Waals surface area contributed by atoms with Gasteiger partial charge in [-0.1, -0.05) is 109 Å². The third kappa shape index (κ3) is 10.6. The fourth-order valence-corrected chi connectivity index (χ4v) is 6.82. The van der Waals surface area contributed by atoms with Crippen molar-refractivity contribution in [2.24, 2.45) is 0 Å². The average Bonchev–Trinajstić information content (AvgIpc) is 3.56. The van der Waals surface area contributed by atoms with Gasteiger partial charge in [-0.3, -0.25) is 4.79 Å². The van der Waals surface area contributed by atoms with Crippen LogP contribution in [0.2, 0.25) is 0 Å². The van der Waals surface area contributed by atoms with Crippen molar-refractivity contribution in [1.29, 1.82) is 0 Å². The number of aryl methyl sites for hydroxylation is 1. The summed E-state index contributed by atoms with van der Waals surface area (Å²) in [6.45, 7) is 16.6. The lowest BCUT2D eigenvalue weighted by Crippen LogP contribution is -2.41. The molecule has 4 aromatic rings. The lowest BCUT2D eigenvalue weighted by molar-refractivity contribution is -0.118. The summed E-state index contributed by atoms with van der Waals surface area (Å²) >= 11 is 1.69. The first-order chi connectivity index (χ1) is 24.7. The van der Waals surface area contributed by atoms with Gasteiger partial charge in [0, 0.05) is 35.9 Å². The summed E-state index contributed by atoms with van der Waals surface area (Å²) in [6, 6.07) is 13.6. The molecule has 1 fully saturated rings. The van der Waals surface area contributed by atoms with Crippen molar-refractivity contribution in [2.45, 2.75) is 117 Å². The fourth-order valence-electron chi connectivity index (χ4n) is 5.53. The van der Waals surface area contributed by atoms with Crippen molar-refractivity contribution >= 4 is 28.5 Å². The Kier molecular flexibility index (Phi) is 15.4. The van der Waals surface area contributed by atoms with Crippen LogP contribution in [0.15, 0.2) is 79.5 Å². The maximum Gasteiger partial charge on any atom is 0.247 e. The fraction of sp³-hybridized carbons (Fsp3) is 0.429. The molecule has 1 aliphatic carbocycles. The van der Waals surface area contributed by atoms with Gasteiger partial charge in [-0.2, -0.15) is 0 Å². The van der Waals surface area contributed by atoms with Crippen LogP contribution in [0.3, 0.4) is 0 Å². The summed E-state index contributed by atoms with van der Waals surface area (Å²) in [5.41, 5.74) is 3.87. The quantitative estimate of drug-likeness (QED) is 0.112. The molecular weight excluding hydrogens is 658 g/mol. The van der Waals surface area contributed by atoms with E-state index in [-0.39, 0.29) is 11.6 Å². The van der Waals surface area contributed by atoms with Crippen LogP contribution in [0.25, 0.3) is 16.0 Å². The Labute approximate surface area is 307 Å². The van der Waals surface area contributed by atoms with Crippen LogP contribution >= 0.6 is 11.3 Å². The summed E-state index contributed by atoms with van der Waals surface area (Å²) in [7, 11) is 0. The van der Waals surface area contributed by atoms with E-state index in [1.807, 2.05) is 76.5 Å². The molecule has 0 saturated heterocycles. The summed E-state index contributed by atoms with van der Waals surface area (Å²) in [6.07, 6.45) is 14.1. The molecule has 9 heteroatoms. The number of ether oxygens (including phenoxy) is 1. The molecule has 0 aliphatic heterocycles. The Morgan fingerprint density at radius 2 is 1.73 bits per heavy atom. The van der Waals surface area contributed by atoms with Crippen LogP contribution in [-0.4, -0.2) is 26.9 Å². The van der Waals surface area contributed by atoms with E-state index in [4.69, 9.17) is 9.72 Å².